The molecule has 0 aromatic carbocycles. The standard InChI is InChI=1S/C17H18N6OS.2ClH/c1-23-9-11(6-20-23)12-7-18-8-13(12)16(24)22-17-21-15(10-25-17)14-4-2-3-5-19-14;;/h2-6,9-10,12-13,18H,7-8H2,1H3,(H,21,22,24);2*1H/t12-,13+;;/m1../s1. The molecule has 3 aromatic heterocycles. The second kappa shape index (κ2) is 9.27. The number of hydrogen-bond acceptors (Lipinski definition) is 6. The Kier molecular flexibility index (Phi) is 7.32. The third kappa shape index (κ3) is 4.65. The van der Waals surface area contributed by atoms with E-state index in [0.29, 0.717) is 11.7 Å². The first-order valence-electron chi connectivity index (χ1n) is 8.08. The first-order valence-corrected chi connectivity index (χ1v) is 8.96. The number of halogens is 2. The van der Waals surface area contributed by atoms with Gasteiger partial charge >= 0.3 is 0 Å². The van der Waals surface area contributed by atoms with Crippen LogP contribution in [0, 0.1) is 5.92 Å². The number of pyridine rings is 1. The molecular weight excluding hydrogens is 407 g/mol. The Bertz CT molecular complexity index is 884. The van der Waals surface area contributed by atoms with Crippen LogP contribution < -0.4 is 10.6 Å². The summed E-state index contributed by atoms with van der Waals surface area (Å²) in [5.41, 5.74) is 2.66. The smallest absolute Gasteiger partial charge is 0.231 e. The molecule has 0 bridgehead atoms. The van der Waals surface area contributed by atoms with Crippen molar-refractivity contribution in [2.24, 2.45) is 13.0 Å². The molecule has 1 aliphatic heterocycles. The van der Waals surface area contributed by atoms with Crippen LogP contribution in [0.15, 0.2) is 42.2 Å². The summed E-state index contributed by atoms with van der Waals surface area (Å²) in [6.07, 6.45) is 5.54. The number of nitrogens with zero attached hydrogens (tertiary/aromatic N) is 4. The van der Waals surface area contributed by atoms with Crippen molar-refractivity contribution in [1.29, 1.82) is 0 Å². The van der Waals surface area contributed by atoms with Gasteiger partial charge in [-0.3, -0.25) is 14.5 Å². The lowest BCUT2D eigenvalue weighted by atomic mass is 9.90. The van der Waals surface area contributed by atoms with Crippen molar-refractivity contribution in [2.45, 2.75) is 5.92 Å². The molecule has 7 nitrogen and oxygen atoms in total. The Hall–Kier alpha value is -2.00. The number of carbonyl (C=O) groups is 1. The number of anilines is 1. The third-order valence-corrected chi connectivity index (χ3v) is 5.12. The van der Waals surface area contributed by atoms with Gasteiger partial charge in [0, 0.05) is 43.8 Å². The average molecular weight is 427 g/mol. The molecule has 0 spiro atoms. The van der Waals surface area contributed by atoms with Crippen LogP contribution in [0.2, 0.25) is 0 Å². The summed E-state index contributed by atoms with van der Waals surface area (Å²) in [4.78, 5) is 21.5. The Labute approximate surface area is 173 Å². The minimum absolute atomic E-state index is 0. The predicted molar refractivity (Wildman–Crippen MR) is 111 cm³/mol. The highest BCUT2D eigenvalue weighted by Crippen LogP contribution is 2.30. The molecule has 0 aliphatic carbocycles. The Morgan fingerprint density at radius 1 is 1.30 bits per heavy atom. The molecular formula is C17H20Cl2N6OS. The Morgan fingerprint density at radius 3 is 2.85 bits per heavy atom. The summed E-state index contributed by atoms with van der Waals surface area (Å²) in [7, 11) is 1.88. The first kappa shape index (κ1) is 21.3. The quantitative estimate of drug-likeness (QED) is 0.669. The number of hydrogen-bond donors (Lipinski definition) is 2. The molecule has 4 rings (SSSR count). The molecule has 1 saturated heterocycles. The van der Waals surface area contributed by atoms with Gasteiger partial charge in [0.2, 0.25) is 5.91 Å². The van der Waals surface area contributed by atoms with Crippen molar-refractivity contribution in [3.05, 3.63) is 47.7 Å². The van der Waals surface area contributed by atoms with E-state index in [9.17, 15) is 4.79 Å². The van der Waals surface area contributed by atoms with E-state index in [1.54, 1.807) is 10.9 Å². The molecule has 144 valence electrons. The molecule has 0 saturated carbocycles. The van der Waals surface area contributed by atoms with Gasteiger partial charge in [0.25, 0.3) is 0 Å². The van der Waals surface area contributed by atoms with Crippen molar-refractivity contribution in [1.82, 2.24) is 25.1 Å². The number of carbonyl (C=O) groups excluding carboxylic acids is 1. The zero-order valence-electron chi connectivity index (χ0n) is 14.5. The van der Waals surface area contributed by atoms with E-state index < -0.39 is 0 Å². The summed E-state index contributed by atoms with van der Waals surface area (Å²) in [6.45, 7) is 1.44. The summed E-state index contributed by atoms with van der Waals surface area (Å²) >= 11 is 1.41. The number of amides is 1. The minimum Gasteiger partial charge on any atom is -0.315 e. The second-order valence-electron chi connectivity index (χ2n) is 6.06. The summed E-state index contributed by atoms with van der Waals surface area (Å²) < 4.78 is 1.77. The molecule has 2 N–H and O–H groups in total. The van der Waals surface area contributed by atoms with E-state index in [1.807, 2.05) is 43.0 Å². The number of thiazole rings is 1. The fourth-order valence-corrected chi connectivity index (χ4v) is 3.80. The second-order valence-corrected chi connectivity index (χ2v) is 6.92. The van der Waals surface area contributed by atoms with Crippen LogP contribution in [0.3, 0.4) is 0 Å². The lowest BCUT2D eigenvalue weighted by Gasteiger charge is -2.15. The predicted octanol–water partition coefficient (Wildman–Crippen LogP) is 2.72. The SMILES string of the molecule is Cl.Cl.Cn1cc([C@H]2CNC[C@@H]2C(=O)Nc2nc(-c3ccccn3)cs2)cn1. The van der Waals surface area contributed by atoms with Gasteiger partial charge in [0.05, 0.1) is 17.8 Å². The molecule has 2 atom stereocenters. The Morgan fingerprint density at radius 2 is 2.15 bits per heavy atom. The third-order valence-electron chi connectivity index (χ3n) is 4.37. The molecule has 1 fully saturated rings. The Balaban J connectivity index is 0.00000131. The highest BCUT2D eigenvalue weighted by molar-refractivity contribution is 7.14. The molecule has 0 unspecified atom stereocenters. The van der Waals surface area contributed by atoms with E-state index in [1.165, 1.54) is 11.3 Å². The van der Waals surface area contributed by atoms with Gasteiger partial charge in [0.1, 0.15) is 5.69 Å². The molecule has 0 radical (unpaired) electrons. The van der Waals surface area contributed by atoms with Crippen LogP contribution >= 0.6 is 36.2 Å². The highest BCUT2D eigenvalue weighted by atomic mass is 35.5. The fourth-order valence-electron chi connectivity index (χ4n) is 3.10. The van der Waals surface area contributed by atoms with Crippen LogP contribution in [0.5, 0.6) is 0 Å². The van der Waals surface area contributed by atoms with Crippen molar-refractivity contribution in [2.75, 3.05) is 18.4 Å². The average Bonchev–Trinajstić information content (AvgIpc) is 3.35. The fraction of sp³-hybridized carbons (Fsp3) is 0.294. The number of nitrogens with one attached hydrogen (secondary N) is 2. The van der Waals surface area contributed by atoms with Crippen LogP contribution in [0.25, 0.3) is 11.4 Å². The van der Waals surface area contributed by atoms with Gasteiger partial charge in [-0.15, -0.1) is 36.2 Å². The van der Waals surface area contributed by atoms with Gasteiger partial charge < -0.3 is 10.6 Å². The van der Waals surface area contributed by atoms with Gasteiger partial charge in [-0.1, -0.05) is 6.07 Å². The van der Waals surface area contributed by atoms with Crippen molar-refractivity contribution >= 4 is 47.2 Å². The molecule has 1 aliphatic rings. The van der Waals surface area contributed by atoms with Crippen molar-refractivity contribution < 1.29 is 4.79 Å². The molecule has 27 heavy (non-hydrogen) atoms. The van der Waals surface area contributed by atoms with E-state index in [4.69, 9.17) is 0 Å². The summed E-state index contributed by atoms with van der Waals surface area (Å²) in [5.74, 6) is -0.0175. The van der Waals surface area contributed by atoms with E-state index >= 15 is 0 Å². The van der Waals surface area contributed by atoms with Crippen LogP contribution in [-0.2, 0) is 11.8 Å². The van der Waals surface area contributed by atoms with Crippen molar-refractivity contribution in [3.63, 3.8) is 0 Å². The minimum atomic E-state index is -0.133. The zero-order valence-corrected chi connectivity index (χ0v) is 17.0. The molecule has 10 heteroatoms. The van der Waals surface area contributed by atoms with E-state index in [-0.39, 0.29) is 42.6 Å². The molecule has 3 aromatic rings. The van der Waals surface area contributed by atoms with E-state index in [2.05, 4.69) is 25.7 Å². The zero-order chi connectivity index (χ0) is 17.2. The maximum Gasteiger partial charge on any atom is 0.231 e. The normalized spacial score (nSPS) is 18.4. The lowest BCUT2D eigenvalue weighted by molar-refractivity contribution is -0.119. The van der Waals surface area contributed by atoms with Gasteiger partial charge in [-0.25, -0.2) is 4.98 Å². The van der Waals surface area contributed by atoms with E-state index in [0.717, 1.165) is 23.5 Å². The van der Waals surface area contributed by atoms with Crippen LogP contribution in [-0.4, -0.2) is 38.7 Å². The van der Waals surface area contributed by atoms with Crippen LogP contribution in [0.4, 0.5) is 5.13 Å². The summed E-state index contributed by atoms with van der Waals surface area (Å²) in [6, 6.07) is 5.69. The van der Waals surface area contributed by atoms with Gasteiger partial charge in [-0.05, 0) is 17.7 Å². The number of aryl methyl sites for hydroxylation is 1. The first-order chi connectivity index (χ1) is 12.2. The monoisotopic (exact) mass is 426 g/mol. The highest BCUT2D eigenvalue weighted by Gasteiger charge is 2.35. The summed E-state index contributed by atoms with van der Waals surface area (Å²) in [5, 5.41) is 13.0. The number of rotatable bonds is 4. The largest absolute Gasteiger partial charge is 0.315 e. The van der Waals surface area contributed by atoms with Crippen molar-refractivity contribution in [3.8, 4) is 11.4 Å². The van der Waals surface area contributed by atoms with Crippen LogP contribution in [0.1, 0.15) is 11.5 Å². The van der Waals surface area contributed by atoms with Gasteiger partial charge in [-0.2, -0.15) is 5.10 Å². The maximum absolute atomic E-state index is 12.7. The van der Waals surface area contributed by atoms with Gasteiger partial charge in [0.15, 0.2) is 5.13 Å². The lowest BCUT2D eigenvalue weighted by Crippen LogP contribution is -2.28. The molecule has 4 heterocycles. The number of aromatic nitrogens is 4. The molecule has 1 amide bonds. The topological polar surface area (TPSA) is 84.7 Å². The maximum atomic E-state index is 12.7.